The van der Waals surface area contributed by atoms with Gasteiger partial charge in [-0.3, -0.25) is 4.79 Å². The van der Waals surface area contributed by atoms with Gasteiger partial charge in [-0.25, -0.2) is 9.97 Å². The second-order valence-corrected chi connectivity index (χ2v) is 6.55. The summed E-state index contributed by atoms with van der Waals surface area (Å²) in [4.78, 5) is 25.1. The van der Waals surface area contributed by atoms with E-state index in [0.29, 0.717) is 13.1 Å². The molecule has 0 aliphatic carbocycles. The fourth-order valence-electron chi connectivity index (χ4n) is 2.49. The van der Waals surface area contributed by atoms with E-state index in [-0.39, 0.29) is 5.91 Å². The van der Waals surface area contributed by atoms with E-state index in [9.17, 15) is 4.79 Å². The standard InChI is InChI=1S/C14H22BrN5O/c1-4-18-14(2,3)12(21)19-5-7-20(8-6-19)13-16-9-11(15)10-17-13/h9-10,18H,4-8H2,1-3H3. The molecule has 0 bridgehead atoms. The monoisotopic (exact) mass is 355 g/mol. The molecule has 2 rings (SSSR count). The van der Waals surface area contributed by atoms with Gasteiger partial charge in [0.25, 0.3) is 0 Å². The number of hydrogen-bond donors (Lipinski definition) is 1. The molecule has 6 nitrogen and oxygen atoms in total. The number of hydrogen-bond acceptors (Lipinski definition) is 5. The highest BCUT2D eigenvalue weighted by molar-refractivity contribution is 9.10. The van der Waals surface area contributed by atoms with Crippen LogP contribution < -0.4 is 10.2 Å². The van der Waals surface area contributed by atoms with Crippen molar-refractivity contribution >= 4 is 27.8 Å². The summed E-state index contributed by atoms with van der Waals surface area (Å²) in [7, 11) is 0. The highest BCUT2D eigenvalue weighted by atomic mass is 79.9. The van der Waals surface area contributed by atoms with Crippen LogP contribution in [0.25, 0.3) is 0 Å². The van der Waals surface area contributed by atoms with Crippen LogP contribution in [-0.2, 0) is 4.79 Å². The molecule has 1 saturated heterocycles. The average molecular weight is 356 g/mol. The van der Waals surface area contributed by atoms with Crippen molar-refractivity contribution in [3.63, 3.8) is 0 Å². The lowest BCUT2D eigenvalue weighted by molar-refractivity contribution is -0.137. The zero-order chi connectivity index (χ0) is 15.5. The maximum absolute atomic E-state index is 12.5. The van der Waals surface area contributed by atoms with Gasteiger partial charge in [0.05, 0.1) is 10.0 Å². The Morgan fingerprint density at radius 1 is 1.29 bits per heavy atom. The van der Waals surface area contributed by atoms with Gasteiger partial charge in [0, 0.05) is 38.6 Å². The summed E-state index contributed by atoms with van der Waals surface area (Å²) in [5, 5.41) is 3.23. The molecule has 0 radical (unpaired) electrons. The molecular weight excluding hydrogens is 334 g/mol. The zero-order valence-corrected chi connectivity index (χ0v) is 14.4. The Balaban J connectivity index is 1.94. The summed E-state index contributed by atoms with van der Waals surface area (Å²) in [5.41, 5.74) is -0.509. The molecule has 0 saturated carbocycles. The Kier molecular flexibility index (Phi) is 5.16. The van der Waals surface area contributed by atoms with Gasteiger partial charge in [0.1, 0.15) is 0 Å². The predicted molar refractivity (Wildman–Crippen MR) is 86.3 cm³/mol. The number of halogens is 1. The van der Waals surface area contributed by atoms with E-state index in [1.54, 1.807) is 12.4 Å². The second-order valence-electron chi connectivity index (χ2n) is 5.64. The van der Waals surface area contributed by atoms with Crippen LogP contribution in [0.1, 0.15) is 20.8 Å². The number of amides is 1. The molecule has 1 aliphatic rings. The molecule has 1 fully saturated rings. The Morgan fingerprint density at radius 3 is 2.38 bits per heavy atom. The lowest BCUT2D eigenvalue weighted by Gasteiger charge is -2.38. The summed E-state index contributed by atoms with van der Waals surface area (Å²) < 4.78 is 0.868. The first-order valence-corrected chi connectivity index (χ1v) is 8.00. The SMILES string of the molecule is CCNC(C)(C)C(=O)N1CCN(c2ncc(Br)cn2)CC1. The molecule has 1 amide bonds. The minimum absolute atomic E-state index is 0.153. The van der Waals surface area contributed by atoms with E-state index < -0.39 is 5.54 Å². The van der Waals surface area contributed by atoms with E-state index in [1.807, 2.05) is 25.7 Å². The lowest BCUT2D eigenvalue weighted by atomic mass is 10.0. The fourth-order valence-corrected chi connectivity index (χ4v) is 2.70. The van der Waals surface area contributed by atoms with Gasteiger partial charge >= 0.3 is 0 Å². The Labute approximate surface area is 134 Å². The molecule has 2 heterocycles. The number of aromatic nitrogens is 2. The van der Waals surface area contributed by atoms with Crippen LogP contribution in [0, 0.1) is 0 Å². The normalized spacial score (nSPS) is 16.2. The first-order valence-electron chi connectivity index (χ1n) is 7.21. The number of anilines is 1. The number of carbonyl (C=O) groups is 1. The van der Waals surface area contributed by atoms with E-state index in [2.05, 4.69) is 36.1 Å². The summed E-state index contributed by atoms with van der Waals surface area (Å²) in [6.45, 7) is 9.58. The molecular formula is C14H22BrN5O. The topological polar surface area (TPSA) is 61.4 Å². The van der Waals surface area contributed by atoms with E-state index in [0.717, 1.165) is 30.1 Å². The summed E-state index contributed by atoms with van der Waals surface area (Å²) in [6, 6.07) is 0. The van der Waals surface area contributed by atoms with Crippen molar-refractivity contribution < 1.29 is 4.79 Å². The summed E-state index contributed by atoms with van der Waals surface area (Å²) in [6.07, 6.45) is 3.49. The first kappa shape index (κ1) is 16.2. The quantitative estimate of drug-likeness (QED) is 0.881. The van der Waals surface area contributed by atoms with Crippen molar-refractivity contribution in [3.05, 3.63) is 16.9 Å². The van der Waals surface area contributed by atoms with Gasteiger partial charge in [-0.05, 0) is 36.3 Å². The highest BCUT2D eigenvalue weighted by Crippen LogP contribution is 2.15. The largest absolute Gasteiger partial charge is 0.338 e. The molecule has 0 atom stereocenters. The predicted octanol–water partition coefficient (Wildman–Crippen LogP) is 1.28. The zero-order valence-electron chi connectivity index (χ0n) is 12.8. The molecule has 0 spiro atoms. The molecule has 116 valence electrons. The van der Waals surface area contributed by atoms with Crippen molar-refractivity contribution in [2.75, 3.05) is 37.6 Å². The van der Waals surface area contributed by atoms with Gasteiger partial charge in [-0.1, -0.05) is 6.92 Å². The number of rotatable bonds is 4. The number of nitrogens with one attached hydrogen (secondary N) is 1. The number of likely N-dealkylation sites (N-methyl/N-ethyl adjacent to an activating group) is 1. The lowest BCUT2D eigenvalue weighted by Crippen LogP contribution is -2.58. The summed E-state index contributed by atoms with van der Waals surface area (Å²) >= 11 is 3.33. The van der Waals surface area contributed by atoms with Crippen molar-refractivity contribution in [3.8, 4) is 0 Å². The highest BCUT2D eigenvalue weighted by Gasteiger charge is 2.33. The third-order valence-corrected chi connectivity index (χ3v) is 4.02. The molecule has 0 unspecified atom stereocenters. The maximum atomic E-state index is 12.5. The first-order chi connectivity index (χ1) is 9.94. The molecule has 1 aromatic heterocycles. The smallest absolute Gasteiger partial charge is 0.242 e. The van der Waals surface area contributed by atoms with E-state index in [1.165, 1.54) is 0 Å². The van der Waals surface area contributed by atoms with Crippen LogP contribution in [0.2, 0.25) is 0 Å². The van der Waals surface area contributed by atoms with Gasteiger partial charge in [-0.15, -0.1) is 0 Å². The second kappa shape index (κ2) is 6.70. The number of carbonyl (C=O) groups excluding carboxylic acids is 1. The van der Waals surface area contributed by atoms with E-state index in [4.69, 9.17) is 0 Å². The Morgan fingerprint density at radius 2 is 1.86 bits per heavy atom. The Bertz CT molecular complexity index is 483. The van der Waals surface area contributed by atoms with Gasteiger partial charge in [0.15, 0.2) is 0 Å². The molecule has 21 heavy (non-hydrogen) atoms. The average Bonchev–Trinajstić information content (AvgIpc) is 2.47. The third kappa shape index (κ3) is 3.91. The van der Waals surface area contributed by atoms with Crippen LogP contribution in [0.3, 0.4) is 0 Å². The van der Waals surface area contributed by atoms with Crippen molar-refractivity contribution in [2.45, 2.75) is 26.3 Å². The van der Waals surface area contributed by atoms with Crippen LogP contribution in [0.15, 0.2) is 16.9 Å². The number of piperazine rings is 1. The molecule has 1 aliphatic heterocycles. The van der Waals surface area contributed by atoms with Gasteiger partial charge < -0.3 is 15.1 Å². The van der Waals surface area contributed by atoms with Crippen LogP contribution in [0.4, 0.5) is 5.95 Å². The van der Waals surface area contributed by atoms with Gasteiger partial charge in [-0.2, -0.15) is 0 Å². The van der Waals surface area contributed by atoms with Gasteiger partial charge in [0.2, 0.25) is 11.9 Å². The van der Waals surface area contributed by atoms with Crippen molar-refractivity contribution in [2.24, 2.45) is 0 Å². The minimum atomic E-state index is -0.509. The van der Waals surface area contributed by atoms with Crippen LogP contribution >= 0.6 is 15.9 Å². The van der Waals surface area contributed by atoms with Crippen molar-refractivity contribution in [1.29, 1.82) is 0 Å². The fraction of sp³-hybridized carbons (Fsp3) is 0.643. The van der Waals surface area contributed by atoms with E-state index >= 15 is 0 Å². The Hall–Kier alpha value is -1.21. The number of nitrogens with zero attached hydrogens (tertiary/aromatic N) is 4. The van der Waals surface area contributed by atoms with Crippen molar-refractivity contribution in [1.82, 2.24) is 20.2 Å². The summed E-state index contributed by atoms with van der Waals surface area (Å²) in [5.74, 6) is 0.872. The molecule has 7 heteroatoms. The third-order valence-electron chi connectivity index (χ3n) is 3.61. The van der Waals surface area contributed by atoms with Crippen LogP contribution in [0.5, 0.6) is 0 Å². The maximum Gasteiger partial charge on any atom is 0.242 e. The van der Waals surface area contributed by atoms with Crippen LogP contribution in [-0.4, -0.2) is 59.0 Å². The molecule has 1 aromatic rings. The molecule has 0 aromatic carbocycles. The molecule has 1 N–H and O–H groups in total. The minimum Gasteiger partial charge on any atom is -0.338 e.